The molecule has 3 aromatic carbocycles. The minimum atomic E-state index is -0.182. The Kier molecular flexibility index (Phi) is 9.80. The van der Waals surface area contributed by atoms with Gasteiger partial charge in [-0.15, -0.1) is 24.8 Å². The SMILES string of the molecule is Cl.Cl.Fc1ccc(CN[C@@H]2CC[C@H](C(c3ccccc3)c3ccccc3)NC2)cc1. The van der Waals surface area contributed by atoms with Gasteiger partial charge in [0.05, 0.1) is 0 Å². The molecule has 1 saturated heterocycles. The smallest absolute Gasteiger partial charge is 0.123 e. The topological polar surface area (TPSA) is 24.1 Å². The number of piperidine rings is 1. The van der Waals surface area contributed by atoms with Gasteiger partial charge in [0.25, 0.3) is 0 Å². The average molecular weight is 447 g/mol. The summed E-state index contributed by atoms with van der Waals surface area (Å²) in [5, 5.41) is 7.40. The van der Waals surface area contributed by atoms with Crippen molar-refractivity contribution in [1.29, 1.82) is 0 Å². The van der Waals surface area contributed by atoms with Gasteiger partial charge in [0.2, 0.25) is 0 Å². The Morgan fingerprint density at radius 3 is 1.87 bits per heavy atom. The predicted octanol–water partition coefficient (Wildman–Crippen LogP) is 5.71. The maximum atomic E-state index is 13.0. The first kappa shape index (κ1) is 24.4. The van der Waals surface area contributed by atoms with Crippen LogP contribution in [0, 0.1) is 5.82 Å². The quantitative estimate of drug-likeness (QED) is 0.506. The predicted molar refractivity (Wildman–Crippen MR) is 127 cm³/mol. The Labute approximate surface area is 191 Å². The zero-order valence-electron chi connectivity index (χ0n) is 16.8. The molecule has 2 N–H and O–H groups in total. The molecule has 1 heterocycles. The van der Waals surface area contributed by atoms with E-state index in [0.29, 0.717) is 18.0 Å². The third kappa shape index (κ3) is 6.29. The first-order chi connectivity index (χ1) is 13.8. The molecule has 0 bridgehead atoms. The van der Waals surface area contributed by atoms with Crippen LogP contribution in [0.1, 0.15) is 35.4 Å². The van der Waals surface area contributed by atoms with Crippen LogP contribution in [0.25, 0.3) is 0 Å². The lowest BCUT2D eigenvalue weighted by atomic mass is 9.81. The monoisotopic (exact) mass is 446 g/mol. The van der Waals surface area contributed by atoms with Crippen LogP contribution in [0.2, 0.25) is 0 Å². The van der Waals surface area contributed by atoms with E-state index in [2.05, 4.69) is 71.3 Å². The van der Waals surface area contributed by atoms with Crippen LogP contribution in [0.5, 0.6) is 0 Å². The summed E-state index contributed by atoms with van der Waals surface area (Å²) in [6, 6.07) is 29.2. The van der Waals surface area contributed by atoms with E-state index in [9.17, 15) is 4.39 Å². The lowest BCUT2D eigenvalue weighted by molar-refractivity contribution is 0.307. The van der Waals surface area contributed by atoms with E-state index < -0.39 is 0 Å². The number of rotatable bonds is 6. The van der Waals surface area contributed by atoms with Crippen molar-refractivity contribution < 1.29 is 4.39 Å². The third-order valence-electron chi connectivity index (χ3n) is 5.68. The van der Waals surface area contributed by atoms with Crippen molar-refractivity contribution in [2.75, 3.05) is 6.54 Å². The highest BCUT2D eigenvalue weighted by atomic mass is 35.5. The minimum absolute atomic E-state index is 0. The van der Waals surface area contributed by atoms with E-state index in [4.69, 9.17) is 0 Å². The molecule has 2 atom stereocenters. The fourth-order valence-corrected chi connectivity index (χ4v) is 4.18. The van der Waals surface area contributed by atoms with E-state index >= 15 is 0 Å². The summed E-state index contributed by atoms with van der Waals surface area (Å²) in [6.45, 7) is 1.72. The van der Waals surface area contributed by atoms with E-state index in [1.807, 2.05) is 12.1 Å². The lowest BCUT2D eigenvalue weighted by Crippen LogP contribution is -2.49. The van der Waals surface area contributed by atoms with Gasteiger partial charge in [-0.25, -0.2) is 4.39 Å². The Morgan fingerprint density at radius 2 is 1.37 bits per heavy atom. The van der Waals surface area contributed by atoms with Gasteiger partial charge < -0.3 is 10.6 Å². The Balaban J connectivity index is 0.00000160. The summed E-state index contributed by atoms with van der Waals surface area (Å²) in [7, 11) is 0. The third-order valence-corrected chi connectivity index (χ3v) is 5.68. The number of hydrogen-bond donors (Lipinski definition) is 2. The molecule has 0 aromatic heterocycles. The van der Waals surface area contributed by atoms with Crippen LogP contribution in [0.4, 0.5) is 4.39 Å². The van der Waals surface area contributed by atoms with Gasteiger partial charge in [-0.05, 0) is 41.7 Å². The molecule has 1 fully saturated rings. The molecule has 1 aliphatic rings. The van der Waals surface area contributed by atoms with Crippen LogP contribution in [-0.2, 0) is 6.54 Å². The van der Waals surface area contributed by atoms with Gasteiger partial charge in [-0.3, -0.25) is 0 Å². The van der Waals surface area contributed by atoms with Gasteiger partial charge in [-0.2, -0.15) is 0 Å². The van der Waals surface area contributed by atoms with Crippen LogP contribution >= 0.6 is 24.8 Å². The van der Waals surface area contributed by atoms with Crippen molar-refractivity contribution in [3.63, 3.8) is 0 Å². The molecule has 160 valence electrons. The van der Waals surface area contributed by atoms with Crippen molar-refractivity contribution in [2.24, 2.45) is 0 Å². The molecular weight excluding hydrogens is 418 g/mol. The second-order valence-electron chi connectivity index (χ2n) is 7.60. The molecular formula is C25H29Cl2FN2. The fraction of sp³-hybridized carbons (Fsp3) is 0.280. The second kappa shape index (κ2) is 12.1. The van der Waals surface area contributed by atoms with Crippen LogP contribution in [0.3, 0.4) is 0 Å². The Bertz CT molecular complexity index is 812. The van der Waals surface area contributed by atoms with E-state index in [1.54, 1.807) is 0 Å². The summed E-state index contributed by atoms with van der Waals surface area (Å²) in [4.78, 5) is 0. The maximum Gasteiger partial charge on any atom is 0.123 e. The number of nitrogens with one attached hydrogen (secondary N) is 2. The van der Waals surface area contributed by atoms with Crippen LogP contribution in [0.15, 0.2) is 84.9 Å². The summed E-state index contributed by atoms with van der Waals surface area (Å²) in [6.07, 6.45) is 2.25. The standard InChI is InChI=1S/C25H27FN2.2ClH/c26-22-13-11-19(12-14-22)17-27-23-15-16-24(28-18-23)25(20-7-3-1-4-8-20)21-9-5-2-6-10-21;;/h1-14,23-25,27-28H,15-18H2;2*1H/t23-,24-;;/m1../s1. The fourth-order valence-electron chi connectivity index (χ4n) is 4.18. The molecule has 0 radical (unpaired) electrons. The van der Waals surface area contributed by atoms with Crippen molar-refractivity contribution >= 4 is 24.8 Å². The van der Waals surface area contributed by atoms with Gasteiger partial charge in [0.1, 0.15) is 5.82 Å². The maximum absolute atomic E-state index is 13.0. The Morgan fingerprint density at radius 1 is 0.800 bits per heavy atom. The summed E-state index contributed by atoms with van der Waals surface area (Å²) in [5.74, 6) is 0.180. The molecule has 2 nitrogen and oxygen atoms in total. The molecule has 0 saturated carbocycles. The zero-order valence-corrected chi connectivity index (χ0v) is 18.5. The minimum Gasteiger partial charge on any atom is -0.311 e. The number of hydrogen-bond acceptors (Lipinski definition) is 2. The summed E-state index contributed by atoms with van der Waals surface area (Å²) < 4.78 is 13.0. The molecule has 5 heteroatoms. The van der Waals surface area contributed by atoms with Crippen molar-refractivity contribution in [3.8, 4) is 0 Å². The molecule has 4 rings (SSSR count). The summed E-state index contributed by atoms with van der Waals surface area (Å²) >= 11 is 0. The highest BCUT2D eigenvalue weighted by molar-refractivity contribution is 5.85. The molecule has 0 aliphatic carbocycles. The first-order valence-electron chi connectivity index (χ1n) is 10.1. The van der Waals surface area contributed by atoms with E-state index in [-0.39, 0.29) is 30.6 Å². The first-order valence-corrected chi connectivity index (χ1v) is 10.1. The van der Waals surface area contributed by atoms with Crippen LogP contribution < -0.4 is 10.6 Å². The molecule has 1 aliphatic heterocycles. The number of benzene rings is 3. The van der Waals surface area contributed by atoms with Gasteiger partial charge in [0.15, 0.2) is 0 Å². The van der Waals surface area contributed by atoms with Crippen molar-refractivity contribution in [1.82, 2.24) is 10.6 Å². The van der Waals surface area contributed by atoms with E-state index in [1.165, 1.54) is 23.3 Å². The molecule has 3 aromatic rings. The van der Waals surface area contributed by atoms with Crippen LogP contribution in [-0.4, -0.2) is 18.6 Å². The largest absolute Gasteiger partial charge is 0.311 e. The lowest BCUT2D eigenvalue weighted by Gasteiger charge is -2.36. The normalized spacial score (nSPS) is 18.3. The Hall–Kier alpha value is -1.91. The van der Waals surface area contributed by atoms with Crippen molar-refractivity contribution in [2.45, 2.75) is 37.4 Å². The van der Waals surface area contributed by atoms with Gasteiger partial charge >= 0.3 is 0 Å². The second-order valence-corrected chi connectivity index (χ2v) is 7.60. The molecule has 0 amide bonds. The van der Waals surface area contributed by atoms with Crippen molar-refractivity contribution in [3.05, 3.63) is 107 Å². The highest BCUT2D eigenvalue weighted by Gasteiger charge is 2.29. The average Bonchev–Trinajstić information content (AvgIpc) is 2.76. The zero-order chi connectivity index (χ0) is 19.2. The molecule has 0 unspecified atom stereocenters. The van der Waals surface area contributed by atoms with Gasteiger partial charge in [-0.1, -0.05) is 72.8 Å². The number of halogens is 3. The molecule has 30 heavy (non-hydrogen) atoms. The summed E-state index contributed by atoms with van der Waals surface area (Å²) in [5.41, 5.74) is 3.85. The van der Waals surface area contributed by atoms with Gasteiger partial charge in [0, 0.05) is 31.1 Å². The highest BCUT2D eigenvalue weighted by Crippen LogP contribution is 2.31. The molecule has 0 spiro atoms. The van der Waals surface area contributed by atoms with E-state index in [0.717, 1.165) is 31.5 Å².